The lowest BCUT2D eigenvalue weighted by atomic mass is 9.90. The highest BCUT2D eigenvalue weighted by Crippen LogP contribution is 2.62. The van der Waals surface area contributed by atoms with Gasteiger partial charge in [0.05, 0.1) is 45.0 Å². The highest BCUT2D eigenvalue weighted by atomic mass is 16.7. The van der Waals surface area contributed by atoms with Crippen molar-refractivity contribution in [3.8, 4) is 154 Å². The van der Waals surface area contributed by atoms with E-state index in [4.69, 9.17) is 37.6 Å². The standard InChI is InChI=1S/C56H36O32/c57-16-7-28-35-29(8-16)83-47-34(17(51(74)75)9-27(65)41(47)70)36(35)48(45(82-28)13-1-20(58)37(66)21(59)2-13)84-30-11-19-33(44(73)42(30)71)32-18(10-26(64)40(69)43(32)72)55(79)86-46-31(12-81-54(19)78)85-56(80)50(88-53(77)15-5-24(62)39(68)25(63)6-15)49(46)87-52(76)14-3-22(60)38(67)23(61)4-14/h1-11,31,46,49-50,56,80H,12H2,(H17-,57,58,59,60,61,62,63,64,65,66,67,68,69,70,71,72,73,74,75,76,77,78,79)/p+1/t31?,46-,49-,50?,56?/m0/s1. The fourth-order valence-electron chi connectivity index (χ4n) is 9.86. The summed E-state index contributed by atoms with van der Waals surface area (Å²) in [6.07, 6.45) is -12.2. The second-order valence-electron chi connectivity index (χ2n) is 19.3. The predicted molar refractivity (Wildman–Crippen MR) is 280 cm³/mol. The fourth-order valence-corrected chi connectivity index (χ4v) is 9.86. The minimum atomic E-state index is -2.61. The van der Waals surface area contributed by atoms with Gasteiger partial charge in [0, 0.05) is 41.0 Å². The zero-order valence-electron chi connectivity index (χ0n) is 43.2. The molecular weight excluding hydrogens is 1180 g/mol. The van der Waals surface area contributed by atoms with E-state index in [1.54, 1.807) is 0 Å². The van der Waals surface area contributed by atoms with E-state index in [0.717, 1.165) is 24.3 Å². The molecule has 4 heterocycles. The van der Waals surface area contributed by atoms with Crippen molar-refractivity contribution in [2.45, 2.75) is 30.7 Å². The number of esters is 4. The SMILES string of the molecule is O=C(OC1C(O)OC2COC(=O)c3cc(Oc4c(-c5cc(O)c(O)c(O)c5)[o+]c5cc(O)cc6c5c4-c4c(C(=O)O)cc(O)c(O)c4O6)c(O)c(O)c3-c3c(cc(O)c(O)c3O)C(=O)O[C@@H]2[C@@H]1OC(=O)c1cc(O)c(O)c(O)c1)c1cc(O)c(O)c(O)c1. The van der Waals surface area contributed by atoms with Crippen molar-refractivity contribution in [1.29, 1.82) is 0 Å². The number of carbonyl (C=O) groups is 5. The van der Waals surface area contributed by atoms with Crippen LogP contribution in [-0.2, 0) is 23.7 Å². The molecule has 3 aliphatic heterocycles. The zero-order valence-corrected chi connectivity index (χ0v) is 43.2. The molecule has 0 aliphatic carbocycles. The summed E-state index contributed by atoms with van der Waals surface area (Å²) in [6, 6.07) is 6.95. The van der Waals surface area contributed by atoms with Crippen molar-refractivity contribution in [1.82, 2.24) is 0 Å². The minimum Gasteiger partial charge on any atom is -0.507 e. The Morgan fingerprint density at radius 2 is 1.03 bits per heavy atom. The van der Waals surface area contributed by atoms with Crippen LogP contribution in [0.2, 0.25) is 0 Å². The number of cyclic esters (lactones) is 1. The Morgan fingerprint density at radius 3 is 1.60 bits per heavy atom. The summed E-state index contributed by atoms with van der Waals surface area (Å²) in [5, 5.41) is 205. The Bertz CT molecular complexity index is 4370. The van der Waals surface area contributed by atoms with Crippen molar-refractivity contribution < 1.29 is 159 Å². The lowest BCUT2D eigenvalue weighted by Crippen LogP contribution is -2.62. The van der Waals surface area contributed by atoms with Crippen LogP contribution in [0.3, 0.4) is 0 Å². The lowest BCUT2D eigenvalue weighted by Gasteiger charge is -2.42. The van der Waals surface area contributed by atoms with E-state index in [-0.39, 0.29) is 5.39 Å². The number of ether oxygens (including phenoxy) is 7. The molecule has 1 fully saturated rings. The summed E-state index contributed by atoms with van der Waals surface area (Å²) in [5.74, 6) is -33.2. The largest absolute Gasteiger partial charge is 0.507 e. The number of benzene rings is 7. The number of aromatic hydroxyl groups is 17. The normalized spacial score (nSPS) is 17.5. The predicted octanol–water partition coefficient (Wildman–Crippen LogP) is 5.17. The second-order valence-corrected chi connectivity index (χ2v) is 19.3. The van der Waals surface area contributed by atoms with Crippen molar-refractivity contribution in [2.75, 3.05) is 6.61 Å². The molecule has 32 nitrogen and oxygen atoms in total. The molecular formula is C56H37O32+. The number of hydrogen-bond acceptors (Lipinski definition) is 30. The van der Waals surface area contributed by atoms with Crippen LogP contribution < -0.4 is 9.47 Å². The zero-order chi connectivity index (χ0) is 63.5. The van der Waals surface area contributed by atoms with E-state index in [2.05, 4.69) is 0 Å². The lowest BCUT2D eigenvalue weighted by molar-refractivity contribution is -0.284. The summed E-state index contributed by atoms with van der Waals surface area (Å²) in [4.78, 5) is 70.4. The van der Waals surface area contributed by atoms with Gasteiger partial charge in [-0.15, -0.1) is 0 Å². The van der Waals surface area contributed by atoms with Gasteiger partial charge in [-0.2, -0.15) is 0 Å². The quantitative estimate of drug-likeness (QED) is 0.0404. The molecule has 0 bridgehead atoms. The maximum Gasteiger partial charge on any atom is 0.403 e. The monoisotopic (exact) mass is 1220 g/mol. The van der Waals surface area contributed by atoms with Gasteiger partial charge >= 0.3 is 41.2 Å². The Kier molecular flexibility index (Phi) is 13.4. The van der Waals surface area contributed by atoms with Crippen LogP contribution in [-0.4, -0.2) is 164 Å². The average Bonchev–Trinajstić information content (AvgIpc) is 0.875. The number of aromatic carboxylic acids is 1. The number of rotatable bonds is 8. The maximum absolute atomic E-state index is 14.9. The number of aliphatic hydroxyl groups is 1. The first kappa shape index (κ1) is 57.2. The van der Waals surface area contributed by atoms with Crippen LogP contribution in [0, 0.1) is 0 Å². The molecule has 19 N–H and O–H groups in total. The third kappa shape index (κ3) is 9.21. The number of carboxylic acid groups (broad SMARTS) is 1. The van der Waals surface area contributed by atoms with Gasteiger partial charge in [0.2, 0.25) is 23.0 Å². The third-order valence-corrected chi connectivity index (χ3v) is 13.9. The van der Waals surface area contributed by atoms with Crippen LogP contribution in [0.1, 0.15) is 51.8 Å². The molecule has 0 amide bonds. The molecule has 3 unspecified atom stereocenters. The average molecular weight is 1220 g/mol. The first-order valence-electron chi connectivity index (χ1n) is 24.7. The van der Waals surface area contributed by atoms with Crippen LogP contribution in [0.15, 0.2) is 71.1 Å². The smallest absolute Gasteiger partial charge is 0.403 e. The molecule has 1 saturated heterocycles. The molecule has 0 radical (unpaired) electrons. The third-order valence-electron chi connectivity index (χ3n) is 13.9. The molecule has 11 rings (SSSR count). The molecule has 8 aromatic rings. The number of fused-ring (bicyclic) bond motifs is 6. The molecule has 0 saturated carbocycles. The van der Waals surface area contributed by atoms with Gasteiger partial charge in [-0.1, -0.05) is 0 Å². The summed E-state index contributed by atoms with van der Waals surface area (Å²) in [6.45, 7) is -1.33. The number of carboxylic acids is 1. The maximum atomic E-state index is 14.9. The van der Waals surface area contributed by atoms with Crippen LogP contribution in [0.5, 0.6) is 121 Å². The van der Waals surface area contributed by atoms with Crippen LogP contribution >= 0.6 is 0 Å². The number of phenolic OH excluding ortho intramolecular Hbond substituents is 17. The fraction of sp³-hybridized carbons (Fsp3) is 0.107. The van der Waals surface area contributed by atoms with Crippen molar-refractivity contribution in [2.24, 2.45) is 0 Å². The molecule has 0 spiro atoms. The van der Waals surface area contributed by atoms with E-state index >= 15 is 0 Å². The van der Waals surface area contributed by atoms with E-state index in [1.165, 1.54) is 0 Å². The Hall–Kier alpha value is -12.6. The van der Waals surface area contributed by atoms with Gasteiger partial charge < -0.3 is 130 Å². The van der Waals surface area contributed by atoms with Gasteiger partial charge in [0.1, 0.15) is 29.6 Å². The highest BCUT2D eigenvalue weighted by molar-refractivity contribution is 6.13. The number of phenols is 17. The van der Waals surface area contributed by atoms with Crippen LogP contribution in [0.25, 0.3) is 44.5 Å². The molecule has 1 aromatic heterocycles. The van der Waals surface area contributed by atoms with Crippen LogP contribution in [0.4, 0.5) is 0 Å². The number of aliphatic hydroxyl groups excluding tert-OH is 1. The molecule has 32 heteroatoms. The topological polar surface area (TPSA) is 546 Å². The van der Waals surface area contributed by atoms with Crippen molar-refractivity contribution in [3.05, 3.63) is 94.5 Å². The Labute approximate surface area is 484 Å². The number of carbonyl (C=O) groups excluding carboxylic acids is 4. The van der Waals surface area contributed by atoms with Gasteiger partial charge in [-0.25, -0.2) is 28.4 Å². The highest BCUT2D eigenvalue weighted by Gasteiger charge is 2.54. The molecule has 7 aromatic carbocycles. The molecule has 88 heavy (non-hydrogen) atoms. The van der Waals surface area contributed by atoms with Crippen molar-refractivity contribution in [3.63, 3.8) is 0 Å². The summed E-state index contributed by atoms with van der Waals surface area (Å²) in [7, 11) is 0. The van der Waals surface area contributed by atoms with Gasteiger partial charge in [0.15, 0.2) is 111 Å². The van der Waals surface area contributed by atoms with Gasteiger partial charge in [0.25, 0.3) is 0 Å². The van der Waals surface area contributed by atoms with E-state index in [9.17, 15) is 121 Å². The van der Waals surface area contributed by atoms with E-state index < -0.39 is 255 Å². The van der Waals surface area contributed by atoms with E-state index in [1.807, 2.05) is 0 Å². The Morgan fingerprint density at radius 1 is 0.523 bits per heavy atom. The molecule has 3 aliphatic rings. The molecule has 452 valence electrons. The van der Waals surface area contributed by atoms with Gasteiger partial charge in [-0.3, -0.25) is 0 Å². The van der Waals surface area contributed by atoms with Gasteiger partial charge in [-0.05, 0) is 36.4 Å². The van der Waals surface area contributed by atoms with Crippen molar-refractivity contribution >= 4 is 40.8 Å². The second kappa shape index (κ2) is 20.6. The Balaban J connectivity index is 1.10. The summed E-state index contributed by atoms with van der Waals surface area (Å²) >= 11 is 0. The molecule has 5 atom stereocenters. The first-order valence-corrected chi connectivity index (χ1v) is 24.7. The van der Waals surface area contributed by atoms with E-state index in [0.29, 0.717) is 42.5 Å². The minimum absolute atomic E-state index is 0.349. The first-order chi connectivity index (χ1) is 41.5. The summed E-state index contributed by atoms with van der Waals surface area (Å²) < 4.78 is 46.2. The number of hydrogen-bond donors (Lipinski definition) is 19. The summed E-state index contributed by atoms with van der Waals surface area (Å²) in [5.41, 5.74) is -9.47.